The number of carbonyl (C=O) groups is 2. The molecule has 0 atom stereocenters. The molecule has 0 N–H and O–H groups in total. The maximum Gasteiger partial charge on any atom is 0.506 e. The highest BCUT2D eigenvalue weighted by atomic mass is 32.3. The average Bonchev–Trinajstić information content (AvgIpc) is 1.96. The van der Waals surface area contributed by atoms with Crippen molar-refractivity contribution in [1.82, 2.24) is 0 Å². The van der Waals surface area contributed by atoms with Gasteiger partial charge in [0.05, 0.1) is 6.42 Å². The molecule has 0 amide bonds. The van der Waals surface area contributed by atoms with Crippen molar-refractivity contribution >= 4 is 22.3 Å². The standard InChI is InChI=1S/C7H10O6S/c1-3-4-5-7(9)13-14(10,11)12-6(2)8/h3H,1,4-5H2,2H3. The van der Waals surface area contributed by atoms with E-state index in [0.717, 1.165) is 6.92 Å². The van der Waals surface area contributed by atoms with Crippen LogP contribution in [0.2, 0.25) is 0 Å². The van der Waals surface area contributed by atoms with Crippen molar-refractivity contribution in [3.63, 3.8) is 0 Å². The van der Waals surface area contributed by atoms with Crippen LogP contribution in [-0.2, 0) is 28.4 Å². The Morgan fingerprint density at radius 2 is 1.93 bits per heavy atom. The van der Waals surface area contributed by atoms with Crippen molar-refractivity contribution in [2.24, 2.45) is 0 Å². The quantitative estimate of drug-likeness (QED) is 0.622. The van der Waals surface area contributed by atoms with Gasteiger partial charge < -0.3 is 8.37 Å². The van der Waals surface area contributed by atoms with E-state index in [9.17, 15) is 18.0 Å². The second-order valence-corrected chi connectivity index (χ2v) is 3.42. The second kappa shape index (κ2) is 5.38. The predicted molar refractivity (Wildman–Crippen MR) is 46.2 cm³/mol. The summed E-state index contributed by atoms with van der Waals surface area (Å²) >= 11 is 0. The highest BCUT2D eigenvalue weighted by Crippen LogP contribution is 2.01. The molecular formula is C7H10O6S. The molecule has 0 spiro atoms. The Balaban J connectivity index is 4.15. The van der Waals surface area contributed by atoms with Gasteiger partial charge in [0.2, 0.25) is 0 Å². The largest absolute Gasteiger partial charge is 0.506 e. The minimum atomic E-state index is -4.54. The first-order valence-corrected chi connectivity index (χ1v) is 4.99. The predicted octanol–water partition coefficient (Wildman–Crippen LogP) is 0.304. The van der Waals surface area contributed by atoms with Crippen LogP contribution in [0.3, 0.4) is 0 Å². The van der Waals surface area contributed by atoms with Gasteiger partial charge in [-0.3, -0.25) is 9.59 Å². The summed E-state index contributed by atoms with van der Waals surface area (Å²) in [6.45, 7) is 4.22. The summed E-state index contributed by atoms with van der Waals surface area (Å²) < 4.78 is 29.1. The van der Waals surface area contributed by atoms with Crippen LogP contribution in [0.5, 0.6) is 0 Å². The fourth-order valence-corrected chi connectivity index (χ4v) is 1.17. The van der Waals surface area contributed by atoms with Crippen LogP contribution in [0.25, 0.3) is 0 Å². The number of hydrogen-bond donors (Lipinski definition) is 0. The summed E-state index contributed by atoms with van der Waals surface area (Å²) in [5, 5.41) is 0. The normalized spacial score (nSPS) is 10.4. The molecule has 0 aliphatic carbocycles. The molecule has 0 heterocycles. The van der Waals surface area contributed by atoms with Crippen LogP contribution < -0.4 is 0 Å². The molecule has 0 fully saturated rings. The van der Waals surface area contributed by atoms with Gasteiger partial charge in [0, 0.05) is 6.92 Å². The lowest BCUT2D eigenvalue weighted by Gasteiger charge is -2.02. The van der Waals surface area contributed by atoms with Crippen molar-refractivity contribution in [1.29, 1.82) is 0 Å². The first-order chi connectivity index (χ1) is 6.37. The zero-order valence-electron chi connectivity index (χ0n) is 7.56. The van der Waals surface area contributed by atoms with Gasteiger partial charge in [-0.2, -0.15) is 0 Å². The maximum absolute atomic E-state index is 10.8. The Bertz CT molecular complexity index is 328. The molecular weight excluding hydrogens is 212 g/mol. The molecule has 7 heteroatoms. The van der Waals surface area contributed by atoms with Gasteiger partial charge in [-0.25, -0.2) is 0 Å². The fraction of sp³-hybridized carbons (Fsp3) is 0.429. The monoisotopic (exact) mass is 222 g/mol. The van der Waals surface area contributed by atoms with Crippen molar-refractivity contribution in [2.45, 2.75) is 19.8 Å². The molecule has 0 saturated heterocycles. The van der Waals surface area contributed by atoms with Crippen molar-refractivity contribution in [2.75, 3.05) is 0 Å². The van der Waals surface area contributed by atoms with Gasteiger partial charge >= 0.3 is 22.3 Å². The summed E-state index contributed by atoms with van der Waals surface area (Å²) in [6.07, 6.45) is 1.58. The third-order valence-electron chi connectivity index (χ3n) is 0.967. The van der Waals surface area contributed by atoms with E-state index in [-0.39, 0.29) is 12.8 Å². The molecule has 0 radical (unpaired) electrons. The lowest BCUT2D eigenvalue weighted by atomic mass is 10.3. The minimum Gasteiger partial charge on any atom is -0.316 e. The molecule has 0 unspecified atom stereocenters. The number of carbonyl (C=O) groups excluding carboxylic acids is 2. The Morgan fingerprint density at radius 1 is 1.36 bits per heavy atom. The number of allylic oxidation sites excluding steroid dienone is 1. The van der Waals surface area contributed by atoms with Crippen molar-refractivity contribution in [3.8, 4) is 0 Å². The Hall–Kier alpha value is -1.37. The smallest absolute Gasteiger partial charge is 0.316 e. The average molecular weight is 222 g/mol. The Labute approximate surface area is 81.8 Å². The Morgan fingerprint density at radius 3 is 2.36 bits per heavy atom. The second-order valence-electron chi connectivity index (χ2n) is 2.27. The molecule has 0 aromatic heterocycles. The highest BCUT2D eigenvalue weighted by molar-refractivity contribution is 7.82. The van der Waals surface area contributed by atoms with Gasteiger partial charge in [0.1, 0.15) is 0 Å². The van der Waals surface area contributed by atoms with Crippen LogP contribution in [-0.4, -0.2) is 20.4 Å². The van der Waals surface area contributed by atoms with Crippen molar-refractivity contribution in [3.05, 3.63) is 12.7 Å². The van der Waals surface area contributed by atoms with Gasteiger partial charge in [0.25, 0.3) is 0 Å². The van der Waals surface area contributed by atoms with Crippen LogP contribution in [0.4, 0.5) is 0 Å². The van der Waals surface area contributed by atoms with E-state index in [1.165, 1.54) is 6.08 Å². The molecule has 0 aliphatic heterocycles. The lowest BCUT2D eigenvalue weighted by Crippen LogP contribution is -2.17. The van der Waals surface area contributed by atoms with Gasteiger partial charge in [-0.05, 0) is 6.42 Å². The van der Waals surface area contributed by atoms with Crippen molar-refractivity contribution < 1.29 is 26.4 Å². The fourth-order valence-electron chi connectivity index (χ4n) is 0.536. The SMILES string of the molecule is C=CCCC(=O)OS(=O)(=O)OC(C)=O. The van der Waals surface area contributed by atoms with Gasteiger partial charge in [-0.15, -0.1) is 15.0 Å². The maximum atomic E-state index is 10.8. The zero-order chi connectivity index (χ0) is 11.2. The van der Waals surface area contributed by atoms with E-state index in [1.807, 2.05) is 0 Å². The van der Waals surface area contributed by atoms with E-state index >= 15 is 0 Å². The third-order valence-corrected chi connectivity index (χ3v) is 1.80. The van der Waals surface area contributed by atoms with E-state index in [1.54, 1.807) is 0 Å². The molecule has 0 bridgehead atoms. The summed E-state index contributed by atoms with van der Waals surface area (Å²) in [4.78, 5) is 21.0. The molecule has 0 rings (SSSR count). The van der Waals surface area contributed by atoms with Crippen LogP contribution in [0.15, 0.2) is 12.7 Å². The topological polar surface area (TPSA) is 86.7 Å². The van der Waals surface area contributed by atoms with E-state index in [4.69, 9.17) is 0 Å². The first-order valence-electron chi connectivity index (χ1n) is 3.65. The molecule has 0 saturated carbocycles. The zero-order valence-corrected chi connectivity index (χ0v) is 8.37. The summed E-state index contributed by atoms with van der Waals surface area (Å²) in [5.41, 5.74) is 0. The van der Waals surface area contributed by atoms with Gasteiger partial charge in [-0.1, -0.05) is 6.08 Å². The molecule has 0 aliphatic rings. The molecule has 0 aromatic rings. The summed E-state index contributed by atoms with van der Waals surface area (Å²) in [6, 6.07) is 0. The Kier molecular flexibility index (Phi) is 4.85. The third kappa shape index (κ3) is 6.18. The molecule has 14 heavy (non-hydrogen) atoms. The summed E-state index contributed by atoms with van der Waals surface area (Å²) in [7, 11) is -4.54. The molecule has 6 nitrogen and oxygen atoms in total. The van der Waals surface area contributed by atoms with Crippen LogP contribution >= 0.6 is 0 Å². The van der Waals surface area contributed by atoms with Crippen LogP contribution in [0.1, 0.15) is 19.8 Å². The van der Waals surface area contributed by atoms with E-state index < -0.39 is 22.3 Å². The first kappa shape index (κ1) is 12.6. The summed E-state index contributed by atoms with van der Waals surface area (Å²) in [5.74, 6) is -2.06. The highest BCUT2D eigenvalue weighted by Gasteiger charge is 2.20. The number of rotatable bonds is 5. The van der Waals surface area contributed by atoms with Crippen LogP contribution in [0, 0.1) is 0 Å². The lowest BCUT2D eigenvalue weighted by molar-refractivity contribution is -0.136. The van der Waals surface area contributed by atoms with E-state index in [0.29, 0.717) is 0 Å². The number of hydrogen-bond acceptors (Lipinski definition) is 6. The van der Waals surface area contributed by atoms with E-state index in [2.05, 4.69) is 14.9 Å². The van der Waals surface area contributed by atoms with Gasteiger partial charge in [0.15, 0.2) is 0 Å². The molecule has 0 aromatic carbocycles. The minimum absolute atomic E-state index is 0.135. The molecule has 80 valence electrons.